The quantitative estimate of drug-likeness (QED) is 0.616. The molecule has 5 heteroatoms. The summed E-state index contributed by atoms with van der Waals surface area (Å²) in [5.74, 6) is 1.41. The molecule has 5 nitrogen and oxygen atoms in total. The molecule has 0 saturated carbocycles. The molecule has 0 N–H and O–H groups in total. The summed E-state index contributed by atoms with van der Waals surface area (Å²) < 4.78 is 16.0. The van der Waals surface area contributed by atoms with Gasteiger partial charge < -0.3 is 14.2 Å². The van der Waals surface area contributed by atoms with Crippen LogP contribution >= 0.6 is 0 Å². The number of aliphatic imine (C=N–C) groups is 1. The lowest BCUT2D eigenvalue weighted by Crippen LogP contribution is -2.32. The molecule has 1 aromatic rings. The van der Waals surface area contributed by atoms with Crippen LogP contribution in [-0.2, 0) is 15.1 Å². The fourth-order valence-corrected chi connectivity index (χ4v) is 2.42. The van der Waals surface area contributed by atoms with Crippen LogP contribution in [0.2, 0.25) is 0 Å². The van der Waals surface area contributed by atoms with Crippen LogP contribution in [0.1, 0.15) is 18.4 Å². The lowest BCUT2D eigenvalue weighted by atomic mass is 9.82. The van der Waals surface area contributed by atoms with Crippen LogP contribution in [0.25, 0.3) is 0 Å². The first kappa shape index (κ1) is 13.6. The Morgan fingerprint density at radius 1 is 1.26 bits per heavy atom. The molecule has 1 aliphatic heterocycles. The smallest absolute Gasteiger partial charge is 0.235 e. The minimum Gasteiger partial charge on any atom is -0.497 e. The monoisotopic (exact) mass is 263 g/mol. The van der Waals surface area contributed by atoms with Crippen molar-refractivity contribution in [2.45, 2.75) is 18.4 Å². The van der Waals surface area contributed by atoms with Gasteiger partial charge in [-0.3, -0.25) is 0 Å². The van der Waals surface area contributed by atoms with Crippen LogP contribution in [0, 0.1) is 0 Å². The average molecular weight is 263 g/mol. The number of benzene rings is 1. The van der Waals surface area contributed by atoms with Crippen molar-refractivity contribution in [3.8, 4) is 11.5 Å². The molecule has 1 aromatic carbocycles. The first-order valence-electron chi connectivity index (χ1n) is 6.15. The second-order valence-corrected chi connectivity index (χ2v) is 4.41. The number of hydrogen-bond acceptors (Lipinski definition) is 5. The molecule has 0 atom stereocenters. The highest BCUT2D eigenvalue weighted by Gasteiger charge is 2.37. The predicted molar refractivity (Wildman–Crippen MR) is 69.4 cm³/mol. The normalized spacial score (nSPS) is 17.4. The van der Waals surface area contributed by atoms with Gasteiger partial charge in [0, 0.05) is 31.6 Å². The molecule has 2 rings (SSSR count). The van der Waals surface area contributed by atoms with Gasteiger partial charge in [0.2, 0.25) is 6.08 Å². The van der Waals surface area contributed by atoms with E-state index in [0.29, 0.717) is 37.6 Å². The molecule has 0 unspecified atom stereocenters. The molecule has 0 bridgehead atoms. The molecule has 0 radical (unpaired) electrons. The molecular weight excluding hydrogens is 246 g/mol. The number of rotatable bonds is 4. The number of methoxy groups -OCH3 is 2. The molecule has 0 aliphatic carbocycles. The fourth-order valence-electron chi connectivity index (χ4n) is 2.42. The van der Waals surface area contributed by atoms with E-state index in [4.69, 9.17) is 14.2 Å². The highest BCUT2D eigenvalue weighted by molar-refractivity contribution is 5.47. The Morgan fingerprint density at radius 2 is 2.00 bits per heavy atom. The van der Waals surface area contributed by atoms with Gasteiger partial charge in [0.15, 0.2) is 0 Å². The molecule has 1 fully saturated rings. The lowest BCUT2D eigenvalue weighted by molar-refractivity contribution is 0.0522. The second kappa shape index (κ2) is 5.87. The summed E-state index contributed by atoms with van der Waals surface area (Å²) in [6.07, 6.45) is 2.95. The second-order valence-electron chi connectivity index (χ2n) is 4.41. The van der Waals surface area contributed by atoms with Gasteiger partial charge in [0.1, 0.15) is 17.0 Å². The largest absolute Gasteiger partial charge is 0.497 e. The van der Waals surface area contributed by atoms with Crippen molar-refractivity contribution in [3.63, 3.8) is 0 Å². The maximum Gasteiger partial charge on any atom is 0.235 e. The Balaban J connectivity index is 2.53. The Bertz CT molecular complexity index is 488. The first-order valence-corrected chi connectivity index (χ1v) is 6.15. The first-order chi connectivity index (χ1) is 9.25. The third-order valence-electron chi connectivity index (χ3n) is 3.49. The lowest BCUT2D eigenvalue weighted by Gasteiger charge is -2.33. The van der Waals surface area contributed by atoms with Crippen molar-refractivity contribution in [1.29, 1.82) is 0 Å². The Hall–Kier alpha value is -1.84. The van der Waals surface area contributed by atoms with Gasteiger partial charge in [0.25, 0.3) is 0 Å². The van der Waals surface area contributed by atoms with Crippen LogP contribution in [0.4, 0.5) is 0 Å². The zero-order valence-electron chi connectivity index (χ0n) is 11.1. The van der Waals surface area contributed by atoms with Gasteiger partial charge in [-0.25, -0.2) is 4.79 Å². The Labute approximate surface area is 112 Å². The van der Waals surface area contributed by atoms with E-state index in [1.807, 2.05) is 18.2 Å². The van der Waals surface area contributed by atoms with Gasteiger partial charge >= 0.3 is 0 Å². The van der Waals surface area contributed by atoms with E-state index in [0.717, 1.165) is 5.56 Å². The van der Waals surface area contributed by atoms with Crippen molar-refractivity contribution in [1.82, 2.24) is 0 Å². The van der Waals surface area contributed by atoms with E-state index < -0.39 is 5.54 Å². The minimum absolute atomic E-state index is 0.561. The summed E-state index contributed by atoms with van der Waals surface area (Å²) in [7, 11) is 3.20. The third-order valence-corrected chi connectivity index (χ3v) is 3.49. The van der Waals surface area contributed by atoms with Gasteiger partial charge in [-0.05, 0) is 18.2 Å². The van der Waals surface area contributed by atoms with Gasteiger partial charge in [-0.1, -0.05) is 0 Å². The summed E-state index contributed by atoms with van der Waals surface area (Å²) >= 11 is 0. The molecule has 19 heavy (non-hydrogen) atoms. The van der Waals surface area contributed by atoms with Crippen molar-refractivity contribution in [2.75, 3.05) is 27.4 Å². The van der Waals surface area contributed by atoms with Crippen molar-refractivity contribution < 1.29 is 19.0 Å². The predicted octanol–water partition coefficient (Wildman–Crippen LogP) is 2.05. The zero-order valence-corrected chi connectivity index (χ0v) is 11.1. The number of ether oxygens (including phenoxy) is 3. The van der Waals surface area contributed by atoms with E-state index in [2.05, 4.69) is 4.99 Å². The summed E-state index contributed by atoms with van der Waals surface area (Å²) in [5, 5.41) is 0. The van der Waals surface area contributed by atoms with Crippen LogP contribution in [0.15, 0.2) is 23.2 Å². The maximum atomic E-state index is 10.8. The summed E-state index contributed by atoms with van der Waals surface area (Å²) in [6, 6.07) is 5.51. The molecule has 1 saturated heterocycles. The highest BCUT2D eigenvalue weighted by Crippen LogP contribution is 2.42. The summed E-state index contributed by atoms with van der Waals surface area (Å²) in [6.45, 7) is 1.12. The van der Waals surface area contributed by atoms with Crippen molar-refractivity contribution in [3.05, 3.63) is 23.8 Å². The van der Waals surface area contributed by atoms with E-state index in [-0.39, 0.29) is 0 Å². The van der Waals surface area contributed by atoms with E-state index in [1.54, 1.807) is 20.3 Å². The van der Waals surface area contributed by atoms with Crippen LogP contribution in [0.3, 0.4) is 0 Å². The highest BCUT2D eigenvalue weighted by atomic mass is 16.5. The SMILES string of the molecule is COc1ccc(OC)c(C2(N=C=O)CCOCC2)c1. The Morgan fingerprint density at radius 3 is 2.58 bits per heavy atom. The summed E-state index contributed by atoms with van der Waals surface area (Å²) in [4.78, 5) is 14.8. The van der Waals surface area contributed by atoms with Crippen LogP contribution in [0.5, 0.6) is 11.5 Å². The van der Waals surface area contributed by atoms with Gasteiger partial charge in [-0.2, -0.15) is 4.99 Å². The molecule has 1 aliphatic rings. The molecule has 1 heterocycles. The maximum absolute atomic E-state index is 10.8. The molecule has 0 amide bonds. The van der Waals surface area contributed by atoms with E-state index >= 15 is 0 Å². The number of hydrogen-bond donors (Lipinski definition) is 0. The van der Waals surface area contributed by atoms with Crippen LogP contribution in [-0.4, -0.2) is 33.5 Å². The standard InChI is InChI=1S/C14H17NO4/c1-17-11-3-4-13(18-2)12(9-11)14(15-10-16)5-7-19-8-6-14/h3-4,9H,5-8H2,1-2H3. The van der Waals surface area contributed by atoms with E-state index in [1.165, 1.54) is 0 Å². The minimum atomic E-state index is -0.625. The number of nitrogens with zero attached hydrogens (tertiary/aromatic N) is 1. The fraction of sp³-hybridized carbons (Fsp3) is 0.500. The Kier molecular flexibility index (Phi) is 4.20. The topological polar surface area (TPSA) is 57.1 Å². The molecule has 0 aromatic heterocycles. The third kappa shape index (κ3) is 2.62. The van der Waals surface area contributed by atoms with Gasteiger partial charge in [0.05, 0.1) is 14.2 Å². The number of carbonyl (C=O) groups excluding carboxylic acids is 1. The van der Waals surface area contributed by atoms with Crippen molar-refractivity contribution in [2.24, 2.45) is 4.99 Å². The van der Waals surface area contributed by atoms with Crippen molar-refractivity contribution >= 4 is 6.08 Å². The summed E-state index contributed by atoms with van der Waals surface area (Å²) in [5.41, 5.74) is 0.223. The van der Waals surface area contributed by atoms with E-state index in [9.17, 15) is 4.79 Å². The zero-order chi connectivity index (χ0) is 13.7. The molecule has 0 spiro atoms. The van der Waals surface area contributed by atoms with Gasteiger partial charge in [-0.15, -0.1) is 0 Å². The molecular formula is C14H17NO4. The molecule has 102 valence electrons. The number of isocyanates is 1. The average Bonchev–Trinajstić information content (AvgIpc) is 2.48. The van der Waals surface area contributed by atoms with Crippen LogP contribution < -0.4 is 9.47 Å².